The molecule has 1 amide bonds. The molecule has 1 aromatic carbocycles. The summed E-state index contributed by atoms with van der Waals surface area (Å²) in [5.41, 5.74) is 3.06. The van der Waals surface area contributed by atoms with Crippen LogP contribution in [0.15, 0.2) is 49.3 Å². The maximum absolute atomic E-state index is 12.5. The molecule has 0 saturated carbocycles. The Morgan fingerprint density at radius 1 is 1.27 bits per heavy atom. The molecule has 2 heterocycles. The van der Waals surface area contributed by atoms with E-state index < -0.39 is 0 Å². The van der Waals surface area contributed by atoms with E-state index in [1.54, 1.807) is 18.5 Å². The van der Waals surface area contributed by atoms with E-state index in [1.807, 2.05) is 17.0 Å². The number of benzene rings is 1. The average Bonchev–Trinajstić information content (AvgIpc) is 2.59. The number of amides is 1. The quantitative estimate of drug-likeness (QED) is 0.879. The van der Waals surface area contributed by atoms with Crippen LogP contribution in [0.1, 0.15) is 21.5 Å². The minimum Gasteiger partial charge on any atom is -0.351 e. The number of hydrogen-bond acceptors (Lipinski definition) is 4. The summed E-state index contributed by atoms with van der Waals surface area (Å²) in [6.07, 6.45) is 5.76. The summed E-state index contributed by atoms with van der Waals surface area (Å²) < 4.78 is 0. The lowest BCUT2D eigenvalue weighted by molar-refractivity contribution is 0.0734. The zero-order valence-electron chi connectivity index (χ0n) is 12.3. The number of carbonyl (C=O) groups is 1. The molecule has 0 spiro atoms. The lowest BCUT2D eigenvalue weighted by Gasteiger charge is -2.28. The molecule has 0 bridgehead atoms. The largest absolute Gasteiger partial charge is 0.351 e. The molecule has 0 atom stereocenters. The Kier molecular flexibility index (Phi) is 4.14. The van der Waals surface area contributed by atoms with Gasteiger partial charge in [0, 0.05) is 32.0 Å². The van der Waals surface area contributed by atoms with Crippen LogP contribution in [0.25, 0.3) is 0 Å². The van der Waals surface area contributed by atoms with Gasteiger partial charge in [-0.05, 0) is 17.5 Å². The SMILES string of the molecule is C=CCNc1ncc(C(=O)N2CCc3ccccc3C2)cn1. The molecule has 0 saturated heterocycles. The van der Waals surface area contributed by atoms with E-state index in [4.69, 9.17) is 0 Å². The third kappa shape index (κ3) is 2.98. The van der Waals surface area contributed by atoms with Gasteiger partial charge in [0.25, 0.3) is 5.91 Å². The van der Waals surface area contributed by atoms with Crippen LogP contribution in [0.5, 0.6) is 0 Å². The van der Waals surface area contributed by atoms with Crippen molar-refractivity contribution in [2.75, 3.05) is 18.4 Å². The predicted molar refractivity (Wildman–Crippen MR) is 85.6 cm³/mol. The number of nitrogens with one attached hydrogen (secondary N) is 1. The molecule has 1 N–H and O–H groups in total. The molecule has 0 unspecified atom stereocenters. The number of rotatable bonds is 4. The van der Waals surface area contributed by atoms with Gasteiger partial charge in [-0.25, -0.2) is 9.97 Å². The number of hydrogen-bond donors (Lipinski definition) is 1. The molecule has 1 aliphatic heterocycles. The van der Waals surface area contributed by atoms with E-state index in [1.165, 1.54) is 11.1 Å². The summed E-state index contributed by atoms with van der Waals surface area (Å²) in [6, 6.07) is 8.25. The fourth-order valence-electron chi connectivity index (χ4n) is 2.54. The Hall–Kier alpha value is -2.69. The molecule has 5 nitrogen and oxygen atoms in total. The van der Waals surface area contributed by atoms with Crippen LogP contribution in [0.2, 0.25) is 0 Å². The van der Waals surface area contributed by atoms with E-state index in [2.05, 4.69) is 34.0 Å². The summed E-state index contributed by atoms with van der Waals surface area (Å²) in [6.45, 7) is 5.59. The molecule has 0 aliphatic carbocycles. The lowest BCUT2D eigenvalue weighted by atomic mass is 9.99. The predicted octanol–water partition coefficient (Wildman–Crippen LogP) is 2.27. The summed E-state index contributed by atoms with van der Waals surface area (Å²) in [5.74, 6) is 0.477. The minimum atomic E-state index is -0.0234. The van der Waals surface area contributed by atoms with E-state index in [9.17, 15) is 4.79 Å². The number of anilines is 1. The van der Waals surface area contributed by atoms with Gasteiger partial charge in [0.2, 0.25) is 5.95 Å². The zero-order valence-corrected chi connectivity index (χ0v) is 12.3. The van der Waals surface area contributed by atoms with Crippen LogP contribution >= 0.6 is 0 Å². The first-order valence-corrected chi connectivity index (χ1v) is 7.31. The molecule has 0 radical (unpaired) electrons. The van der Waals surface area contributed by atoms with Crippen molar-refractivity contribution >= 4 is 11.9 Å². The van der Waals surface area contributed by atoms with Crippen molar-refractivity contribution in [3.63, 3.8) is 0 Å². The Bertz CT molecular complexity index is 681. The first-order valence-electron chi connectivity index (χ1n) is 7.31. The van der Waals surface area contributed by atoms with Crippen molar-refractivity contribution in [2.24, 2.45) is 0 Å². The second-order valence-electron chi connectivity index (χ2n) is 5.21. The van der Waals surface area contributed by atoms with Gasteiger partial charge in [-0.1, -0.05) is 30.3 Å². The molecular weight excluding hydrogens is 276 g/mol. The van der Waals surface area contributed by atoms with Crippen molar-refractivity contribution in [3.05, 3.63) is 66.0 Å². The van der Waals surface area contributed by atoms with Gasteiger partial charge in [-0.15, -0.1) is 6.58 Å². The van der Waals surface area contributed by atoms with E-state index in [0.29, 0.717) is 24.6 Å². The normalized spacial score (nSPS) is 13.4. The molecule has 3 rings (SSSR count). The van der Waals surface area contributed by atoms with Crippen LogP contribution in [0.3, 0.4) is 0 Å². The number of aromatic nitrogens is 2. The van der Waals surface area contributed by atoms with Crippen molar-refractivity contribution in [2.45, 2.75) is 13.0 Å². The molecule has 2 aromatic rings. The zero-order chi connectivity index (χ0) is 15.4. The third-order valence-electron chi connectivity index (χ3n) is 3.72. The second kappa shape index (κ2) is 6.39. The molecule has 1 aromatic heterocycles. The Morgan fingerprint density at radius 2 is 2.00 bits per heavy atom. The Balaban J connectivity index is 1.70. The highest BCUT2D eigenvalue weighted by Gasteiger charge is 2.21. The van der Waals surface area contributed by atoms with Crippen LogP contribution in [0.4, 0.5) is 5.95 Å². The fraction of sp³-hybridized carbons (Fsp3) is 0.235. The van der Waals surface area contributed by atoms with Gasteiger partial charge in [-0.3, -0.25) is 4.79 Å². The van der Waals surface area contributed by atoms with E-state index in [-0.39, 0.29) is 5.91 Å². The van der Waals surface area contributed by atoms with Gasteiger partial charge in [-0.2, -0.15) is 0 Å². The molecule has 22 heavy (non-hydrogen) atoms. The highest BCUT2D eigenvalue weighted by molar-refractivity contribution is 5.93. The maximum atomic E-state index is 12.5. The summed E-state index contributed by atoms with van der Waals surface area (Å²) in [4.78, 5) is 22.7. The maximum Gasteiger partial charge on any atom is 0.257 e. The molecule has 112 valence electrons. The molecular formula is C17H18N4O. The fourth-order valence-corrected chi connectivity index (χ4v) is 2.54. The smallest absolute Gasteiger partial charge is 0.257 e. The summed E-state index contributed by atoms with van der Waals surface area (Å²) >= 11 is 0. The molecule has 1 aliphatic rings. The topological polar surface area (TPSA) is 58.1 Å². The van der Waals surface area contributed by atoms with Crippen molar-refractivity contribution in [3.8, 4) is 0 Å². The van der Waals surface area contributed by atoms with Crippen LogP contribution < -0.4 is 5.32 Å². The third-order valence-corrected chi connectivity index (χ3v) is 3.72. The monoisotopic (exact) mass is 294 g/mol. The van der Waals surface area contributed by atoms with Gasteiger partial charge >= 0.3 is 0 Å². The van der Waals surface area contributed by atoms with Gasteiger partial charge in [0.15, 0.2) is 0 Å². The molecule has 0 fully saturated rings. The Labute approximate surface area is 129 Å². The van der Waals surface area contributed by atoms with E-state index in [0.717, 1.165) is 13.0 Å². The molecule has 5 heteroatoms. The second-order valence-corrected chi connectivity index (χ2v) is 5.21. The van der Waals surface area contributed by atoms with Crippen molar-refractivity contribution < 1.29 is 4.79 Å². The van der Waals surface area contributed by atoms with Crippen LogP contribution in [0, 0.1) is 0 Å². The summed E-state index contributed by atoms with van der Waals surface area (Å²) in [7, 11) is 0. The van der Waals surface area contributed by atoms with Crippen LogP contribution in [-0.4, -0.2) is 33.9 Å². The lowest BCUT2D eigenvalue weighted by Crippen LogP contribution is -2.36. The first-order chi connectivity index (χ1) is 10.8. The number of nitrogens with zero attached hydrogens (tertiary/aromatic N) is 3. The highest BCUT2D eigenvalue weighted by atomic mass is 16.2. The number of fused-ring (bicyclic) bond motifs is 1. The first kappa shape index (κ1) is 14.3. The van der Waals surface area contributed by atoms with Crippen molar-refractivity contribution in [1.29, 1.82) is 0 Å². The number of carbonyl (C=O) groups excluding carboxylic acids is 1. The highest BCUT2D eigenvalue weighted by Crippen LogP contribution is 2.20. The van der Waals surface area contributed by atoms with Gasteiger partial charge in [0.05, 0.1) is 5.56 Å². The van der Waals surface area contributed by atoms with Crippen molar-refractivity contribution in [1.82, 2.24) is 14.9 Å². The average molecular weight is 294 g/mol. The Morgan fingerprint density at radius 3 is 2.73 bits per heavy atom. The standard InChI is InChI=1S/C17H18N4O/c1-2-8-18-17-19-10-15(11-20-17)16(22)21-9-7-13-5-3-4-6-14(13)12-21/h2-6,10-11H,1,7-9,12H2,(H,18,19,20). The minimum absolute atomic E-state index is 0.0234. The van der Waals surface area contributed by atoms with Gasteiger partial charge in [0.1, 0.15) is 0 Å². The summed E-state index contributed by atoms with van der Waals surface area (Å²) in [5, 5.41) is 2.99. The van der Waals surface area contributed by atoms with Crippen LogP contribution in [-0.2, 0) is 13.0 Å². The van der Waals surface area contributed by atoms with E-state index >= 15 is 0 Å². The van der Waals surface area contributed by atoms with Gasteiger partial charge < -0.3 is 10.2 Å².